The van der Waals surface area contributed by atoms with Crippen molar-refractivity contribution in [3.05, 3.63) is 77.3 Å². The predicted molar refractivity (Wildman–Crippen MR) is 128 cm³/mol. The SMILES string of the molecule is C[C@H](NC(=O)c1ccccc1Cl)C(=O)N1CCN(S(=O)(=O)c2ccc3ccccc3c2)CC1. The lowest BCUT2D eigenvalue weighted by molar-refractivity contribution is -0.134. The summed E-state index contributed by atoms with van der Waals surface area (Å²) in [7, 11) is -3.67. The molecular formula is C24H24ClN3O4S. The Morgan fingerprint density at radius 1 is 0.909 bits per heavy atom. The topological polar surface area (TPSA) is 86.8 Å². The Balaban J connectivity index is 1.38. The van der Waals surface area contributed by atoms with Crippen LogP contribution in [0.25, 0.3) is 10.8 Å². The number of nitrogens with zero attached hydrogens (tertiary/aromatic N) is 2. The highest BCUT2D eigenvalue weighted by molar-refractivity contribution is 7.89. The summed E-state index contributed by atoms with van der Waals surface area (Å²) in [6.45, 7) is 2.48. The Kier molecular flexibility index (Phi) is 6.69. The van der Waals surface area contributed by atoms with E-state index in [9.17, 15) is 18.0 Å². The molecule has 1 aliphatic heterocycles. The van der Waals surface area contributed by atoms with E-state index in [4.69, 9.17) is 11.6 Å². The van der Waals surface area contributed by atoms with Gasteiger partial charge in [0.1, 0.15) is 6.04 Å². The monoisotopic (exact) mass is 485 g/mol. The molecule has 0 radical (unpaired) electrons. The second-order valence-electron chi connectivity index (χ2n) is 7.91. The van der Waals surface area contributed by atoms with Crippen LogP contribution in [0.5, 0.6) is 0 Å². The first-order valence-electron chi connectivity index (χ1n) is 10.6. The highest BCUT2D eigenvalue weighted by Gasteiger charge is 2.32. The second-order valence-corrected chi connectivity index (χ2v) is 10.3. The summed E-state index contributed by atoms with van der Waals surface area (Å²) in [5.41, 5.74) is 0.296. The van der Waals surface area contributed by atoms with Gasteiger partial charge in [-0.25, -0.2) is 8.42 Å². The van der Waals surface area contributed by atoms with E-state index < -0.39 is 22.0 Å². The van der Waals surface area contributed by atoms with Gasteiger partial charge in [-0.05, 0) is 42.0 Å². The Bertz CT molecular complexity index is 1300. The van der Waals surface area contributed by atoms with Crippen molar-refractivity contribution in [2.75, 3.05) is 26.2 Å². The molecule has 0 saturated carbocycles. The van der Waals surface area contributed by atoms with Crippen LogP contribution in [0, 0.1) is 0 Å². The van der Waals surface area contributed by atoms with E-state index in [-0.39, 0.29) is 37.0 Å². The van der Waals surface area contributed by atoms with Crippen LogP contribution in [0.15, 0.2) is 71.6 Å². The van der Waals surface area contributed by atoms with Crippen molar-refractivity contribution in [1.29, 1.82) is 0 Å². The molecule has 172 valence electrons. The molecule has 0 aliphatic carbocycles. The summed E-state index contributed by atoms with van der Waals surface area (Å²) >= 11 is 6.05. The molecule has 3 aromatic carbocycles. The molecule has 2 amide bonds. The molecule has 1 saturated heterocycles. The average Bonchev–Trinajstić information content (AvgIpc) is 2.83. The number of amides is 2. The van der Waals surface area contributed by atoms with E-state index in [0.717, 1.165) is 10.8 Å². The molecule has 1 heterocycles. The van der Waals surface area contributed by atoms with Crippen molar-refractivity contribution in [2.24, 2.45) is 0 Å². The minimum absolute atomic E-state index is 0.187. The molecule has 33 heavy (non-hydrogen) atoms. The zero-order valence-corrected chi connectivity index (χ0v) is 19.6. The molecule has 0 aromatic heterocycles. The van der Waals surface area contributed by atoms with E-state index in [1.165, 1.54) is 4.31 Å². The molecule has 4 rings (SSSR count). The summed E-state index contributed by atoms with van der Waals surface area (Å²) < 4.78 is 27.7. The Morgan fingerprint density at radius 3 is 2.24 bits per heavy atom. The maximum absolute atomic E-state index is 13.1. The fourth-order valence-corrected chi connectivity index (χ4v) is 5.56. The van der Waals surface area contributed by atoms with Crippen molar-refractivity contribution in [3.8, 4) is 0 Å². The Labute approximate surface area is 198 Å². The molecular weight excluding hydrogens is 462 g/mol. The average molecular weight is 486 g/mol. The van der Waals surface area contributed by atoms with E-state index in [1.807, 2.05) is 24.3 Å². The lowest BCUT2D eigenvalue weighted by Crippen LogP contribution is -2.55. The molecule has 1 aliphatic rings. The van der Waals surface area contributed by atoms with Gasteiger partial charge in [0.05, 0.1) is 15.5 Å². The van der Waals surface area contributed by atoms with Gasteiger partial charge in [0.15, 0.2) is 0 Å². The first-order chi connectivity index (χ1) is 15.8. The van der Waals surface area contributed by atoms with Gasteiger partial charge in [-0.2, -0.15) is 4.31 Å². The number of rotatable bonds is 5. The van der Waals surface area contributed by atoms with Crippen molar-refractivity contribution >= 4 is 44.2 Å². The number of hydrogen-bond acceptors (Lipinski definition) is 4. The van der Waals surface area contributed by atoms with Gasteiger partial charge in [-0.3, -0.25) is 9.59 Å². The summed E-state index contributed by atoms with van der Waals surface area (Å²) in [5, 5.41) is 4.81. The number of sulfonamides is 1. The third-order valence-corrected chi connectivity index (χ3v) is 7.97. The number of fused-ring (bicyclic) bond motifs is 1. The van der Waals surface area contributed by atoms with Crippen molar-refractivity contribution in [1.82, 2.24) is 14.5 Å². The van der Waals surface area contributed by atoms with Crippen molar-refractivity contribution < 1.29 is 18.0 Å². The second kappa shape index (κ2) is 9.51. The van der Waals surface area contributed by atoms with Gasteiger partial charge in [0.25, 0.3) is 5.91 Å². The molecule has 0 bridgehead atoms. The van der Waals surface area contributed by atoms with Gasteiger partial charge < -0.3 is 10.2 Å². The molecule has 3 aromatic rings. The van der Waals surface area contributed by atoms with E-state index >= 15 is 0 Å². The standard InChI is InChI=1S/C24H24ClN3O4S/c1-17(26-23(29)21-8-4-5-9-22(21)25)24(30)27-12-14-28(15-13-27)33(31,32)20-11-10-18-6-2-3-7-19(18)16-20/h2-11,16-17H,12-15H2,1H3,(H,26,29)/t17-/m0/s1. The maximum Gasteiger partial charge on any atom is 0.253 e. The molecule has 7 nitrogen and oxygen atoms in total. The lowest BCUT2D eigenvalue weighted by atomic mass is 10.1. The lowest BCUT2D eigenvalue weighted by Gasteiger charge is -2.35. The van der Waals surface area contributed by atoms with Crippen LogP contribution in [0.2, 0.25) is 5.02 Å². The number of nitrogens with one attached hydrogen (secondary N) is 1. The molecule has 1 N–H and O–H groups in total. The molecule has 9 heteroatoms. The van der Waals surface area contributed by atoms with Crippen LogP contribution in [0.1, 0.15) is 17.3 Å². The van der Waals surface area contributed by atoms with Crippen LogP contribution in [0.4, 0.5) is 0 Å². The van der Waals surface area contributed by atoms with Gasteiger partial charge in [0, 0.05) is 26.2 Å². The molecule has 1 fully saturated rings. The number of halogens is 1. The minimum Gasteiger partial charge on any atom is -0.340 e. The maximum atomic E-state index is 13.1. The van der Waals surface area contributed by atoms with Crippen molar-refractivity contribution in [2.45, 2.75) is 17.9 Å². The van der Waals surface area contributed by atoms with Crippen LogP contribution < -0.4 is 5.32 Å². The fraction of sp³-hybridized carbons (Fsp3) is 0.250. The minimum atomic E-state index is -3.67. The van der Waals surface area contributed by atoms with Crippen molar-refractivity contribution in [3.63, 3.8) is 0 Å². The number of piperazine rings is 1. The van der Waals surface area contributed by atoms with Gasteiger partial charge in [-0.15, -0.1) is 0 Å². The number of benzene rings is 3. The quantitative estimate of drug-likeness (QED) is 0.601. The van der Waals surface area contributed by atoms with E-state index in [1.54, 1.807) is 54.3 Å². The Morgan fingerprint density at radius 2 is 1.55 bits per heavy atom. The number of hydrogen-bond donors (Lipinski definition) is 1. The highest BCUT2D eigenvalue weighted by Crippen LogP contribution is 2.23. The summed E-state index contributed by atoms with van der Waals surface area (Å²) in [6, 6.07) is 18.5. The van der Waals surface area contributed by atoms with Gasteiger partial charge in [-0.1, -0.05) is 54.1 Å². The Hall–Kier alpha value is -2.94. The van der Waals surface area contributed by atoms with Gasteiger partial charge >= 0.3 is 0 Å². The summed E-state index contributed by atoms with van der Waals surface area (Å²) in [4.78, 5) is 27.1. The largest absolute Gasteiger partial charge is 0.340 e. The first-order valence-corrected chi connectivity index (χ1v) is 12.4. The first kappa shape index (κ1) is 23.2. The fourth-order valence-electron chi connectivity index (χ4n) is 3.88. The van der Waals surface area contributed by atoms with Gasteiger partial charge in [0.2, 0.25) is 15.9 Å². The molecule has 0 unspecified atom stereocenters. The van der Waals surface area contributed by atoms with Crippen LogP contribution in [0.3, 0.4) is 0 Å². The third kappa shape index (κ3) is 4.88. The zero-order chi connectivity index (χ0) is 23.6. The molecule has 1 atom stereocenters. The van der Waals surface area contributed by atoms with Crippen LogP contribution in [-0.4, -0.2) is 61.7 Å². The smallest absolute Gasteiger partial charge is 0.253 e. The van der Waals surface area contributed by atoms with Crippen LogP contribution >= 0.6 is 11.6 Å². The van der Waals surface area contributed by atoms with Crippen LogP contribution in [-0.2, 0) is 14.8 Å². The molecule has 0 spiro atoms. The normalized spacial score (nSPS) is 15.9. The summed E-state index contributed by atoms with van der Waals surface area (Å²) in [5.74, 6) is -0.697. The van der Waals surface area contributed by atoms with E-state index in [2.05, 4.69) is 5.32 Å². The van der Waals surface area contributed by atoms with E-state index in [0.29, 0.717) is 10.6 Å². The predicted octanol–water partition coefficient (Wildman–Crippen LogP) is 3.14. The number of carbonyl (C=O) groups excluding carboxylic acids is 2. The highest BCUT2D eigenvalue weighted by atomic mass is 35.5. The summed E-state index contributed by atoms with van der Waals surface area (Å²) in [6.07, 6.45) is 0. The zero-order valence-electron chi connectivity index (χ0n) is 18.1. The third-order valence-electron chi connectivity index (χ3n) is 5.75. The number of carbonyl (C=O) groups is 2.